The third-order valence-electron chi connectivity index (χ3n) is 8.25. The van der Waals surface area contributed by atoms with Gasteiger partial charge in [-0.25, -0.2) is 0 Å². The lowest BCUT2D eigenvalue weighted by Crippen LogP contribution is -2.63. The molecule has 4 aliphatic carbocycles. The molecule has 0 aromatic rings. The zero-order chi connectivity index (χ0) is 24.5. The minimum Gasteiger partial charge on any atom is -0.469 e. The van der Waals surface area contributed by atoms with Crippen LogP contribution in [-0.2, 0) is 23.9 Å². The molecule has 4 bridgehead atoms. The van der Waals surface area contributed by atoms with E-state index in [9.17, 15) is 19.2 Å². The van der Waals surface area contributed by atoms with Gasteiger partial charge in [-0.05, 0) is 89.6 Å². The standard InChI is InChI=1S/C25H40N4O5/c1-28(2)15-21(30)29-8-4-5-20(29)24(33)26-19(6-7-22(31)34-3)23(32)27-25-12-16-9-17(13-25)11-18(10-16)14-25/h16-20H,4-15H2,1-3H3,(H,26,33)(H,27,32)/t16?,17?,18?,19-,20-,25?/m0/s1. The molecule has 0 aromatic heterocycles. The molecular formula is C25H40N4O5. The number of likely N-dealkylation sites (N-methyl/N-ethyl adjacent to an activating group) is 1. The Labute approximate surface area is 202 Å². The van der Waals surface area contributed by atoms with Crippen LogP contribution in [0.4, 0.5) is 0 Å². The molecule has 5 aliphatic rings. The number of carbonyl (C=O) groups is 4. The Kier molecular flexibility index (Phi) is 7.50. The molecule has 9 nitrogen and oxygen atoms in total. The van der Waals surface area contributed by atoms with Gasteiger partial charge in [0.05, 0.1) is 13.7 Å². The smallest absolute Gasteiger partial charge is 0.305 e. The molecule has 1 saturated heterocycles. The van der Waals surface area contributed by atoms with E-state index in [1.165, 1.54) is 26.4 Å². The summed E-state index contributed by atoms with van der Waals surface area (Å²) in [5.74, 6) is 1.01. The van der Waals surface area contributed by atoms with Crippen LogP contribution in [0.5, 0.6) is 0 Å². The first kappa shape index (κ1) is 24.9. The zero-order valence-corrected chi connectivity index (χ0v) is 20.8. The summed E-state index contributed by atoms with van der Waals surface area (Å²) in [6.45, 7) is 0.777. The van der Waals surface area contributed by atoms with E-state index < -0.39 is 18.1 Å². The second-order valence-electron chi connectivity index (χ2n) is 11.3. The topological polar surface area (TPSA) is 108 Å². The molecule has 3 amide bonds. The highest BCUT2D eigenvalue weighted by molar-refractivity contribution is 5.93. The fourth-order valence-corrected chi connectivity index (χ4v) is 7.21. The molecule has 0 aromatic carbocycles. The second kappa shape index (κ2) is 10.2. The number of nitrogens with zero attached hydrogens (tertiary/aromatic N) is 2. The van der Waals surface area contributed by atoms with E-state index in [1.54, 1.807) is 9.80 Å². The fourth-order valence-electron chi connectivity index (χ4n) is 7.21. The Hall–Kier alpha value is -2.16. The molecule has 34 heavy (non-hydrogen) atoms. The van der Waals surface area contributed by atoms with E-state index in [-0.39, 0.29) is 42.6 Å². The number of amides is 3. The monoisotopic (exact) mass is 476 g/mol. The van der Waals surface area contributed by atoms with Crippen LogP contribution in [0.3, 0.4) is 0 Å². The van der Waals surface area contributed by atoms with E-state index in [0.29, 0.717) is 30.7 Å². The quantitative estimate of drug-likeness (QED) is 0.482. The average molecular weight is 477 g/mol. The van der Waals surface area contributed by atoms with Crippen molar-refractivity contribution in [2.24, 2.45) is 17.8 Å². The van der Waals surface area contributed by atoms with Gasteiger partial charge < -0.3 is 25.2 Å². The van der Waals surface area contributed by atoms with Crippen molar-refractivity contribution in [3.8, 4) is 0 Å². The normalized spacial score (nSPS) is 32.5. The van der Waals surface area contributed by atoms with Crippen molar-refractivity contribution in [1.29, 1.82) is 0 Å². The molecular weight excluding hydrogens is 436 g/mol. The predicted molar refractivity (Wildman–Crippen MR) is 126 cm³/mol. The first-order valence-electron chi connectivity index (χ1n) is 12.8. The van der Waals surface area contributed by atoms with Crippen LogP contribution in [0.25, 0.3) is 0 Å². The number of esters is 1. The van der Waals surface area contributed by atoms with Gasteiger partial charge in [-0.1, -0.05) is 0 Å². The van der Waals surface area contributed by atoms with Gasteiger partial charge >= 0.3 is 5.97 Å². The fraction of sp³-hybridized carbons (Fsp3) is 0.840. The molecule has 0 spiro atoms. The summed E-state index contributed by atoms with van der Waals surface area (Å²) in [5, 5.41) is 6.22. The first-order valence-corrected chi connectivity index (χ1v) is 12.8. The minimum absolute atomic E-state index is 0.0453. The van der Waals surface area contributed by atoms with E-state index in [0.717, 1.165) is 25.7 Å². The van der Waals surface area contributed by atoms with Gasteiger partial charge in [0.2, 0.25) is 17.7 Å². The van der Waals surface area contributed by atoms with Crippen LogP contribution in [0.2, 0.25) is 0 Å². The number of methoxy groups -OCH3 is 1. The summed E-state index contributed by atoms with van der Waals surface area (Å²) in [5.41, 5.74) is -0.179. The largest absolute Gasteiger partial charge is 0.469 e. The summed E-state index contributed by atoms with van der Waals surface area (Å²) < 4.78 is 4.76. The summed E-state index contributed by atoms with van der Waals surface area (Å²) in [7, 11) is 4.96. The van der Waals surface area contributed by atoms with Gasteiger partial charge in [-0.15, -0.1) is 0 Å². The Bertz CT molecular complexity index is 778. The van der Waals surface area contributed by atoms with E-state index in [2.05, 4.69) is 10.6 Å². The lowest BCUT2D eigenvalue weighted by molar-refractivity contribution is -0.142. The number of rotatable bonds is 9. The van der Waals surface area contributed by atoms with Gasteiger partial charge in [-0.2, -0.15) is 0 Å². The molecule has 190 valence electrons. The van der Waals surface area contributed by atoms with Gasteiger partial charge in [0.1, 0.15) is 12.1 Å². The SMILES string of the molecule is COC(=O)CC[C@H](NC(=O)[C@@H]1CCCN1C(=O)CN(C)C)C(=O)NC12CC3CC(CC(C3)C1)C2. The van der Waals surface area contributed by atoms with Gasteiger partial charge in [0.15, 0.2) is 0 Å². The van der Waals surface area contributed by atoms with Crippen molar-refractivity contribution in [1.82, 2.24) is 20.4 Å². The molecule has 1 heterocycles. The predicted octanol–water partition coefficient (Wildman–Crippen LogP) is 1.06. The molecule has 0 unspecified atom stereocenters. The molecule has 0 radical (unpaired) electrons. The number of likely N-dealkylation sites (tertiary alicyclic amines) is 1. The third kappa shape index (κ3) is 5.56. The molecule has 2 N–H and O–H groups in total. The number of ether oxygens (including phenoxy) is 1. The maximum Gasteiger partial charge on any atom is 0.305 e. The summed E-state index contributed by atoms with van der Waals surface area (Å²) >= 11 is 0. The van der Waals surface area contributed by atoms with Crippen LogP contribution in [0.1, 0.15) is 64.2 Å². The molecule has 9 heteroatoms. The van der Waals surface area contributed by atoms with Crippen LogP contribution in [0, 0.1) is 17.8 Å². The summed E-state index contributed by atoms with van der Waals surface area (Å²) in [4.78, 5) is 54.5. The average Bonchev–Trinajstić information content (AvgIpc) is 3.24. The number of nitrogens with one attached hydrogen (secondary N) is 2. The van der Waals surface area contributed by atoms with Crippen LogP contribution >= 0.6 is 0 Å². The Morgan fingerprint density at radius 3 is 2.24 bits per heavy atom. The van der Waals surface area contributed by atoms with E-state index >= 15 is 0 Å². The summed E-state index contributed by atoms with van der Waals surface area (Å²) in [6.07, 6.45) is 8.41. The van der Waals surface area contributed by atoms with Gasteiger partial charge in [0.25, 0.3) is 0 Å². The maximum absolute atomic E-state index is 13.5. The highest BCUT2D eigenvalue weighted by atomic mass is 16.5. The van der Waals surface area contributed by atoms with Crippen molar-refractivity contribution in [2.75, 3.05) is 34.3 Å². The highest BCUT2D eigenvalue weighted by Gasteiger charge is 2.52. The molecule has 5 fully saturated rings. The lowest BCUT2D eigenvalue weighted by atomic mass is 9.53. The Morgan fingerprint density at radius 1 is 1.06 bits per heavy atom. The van der Waals surface area contributed by atoms with Crippen molar-refractivity contribution >= 4 is 23.7 Å². The molecule has 1 aliphatic heterocycles. The second-order valence-corrected chi connectivity index (χ2v) is 11.3. The van der Waals surface area contributed by atoms with Crippen LogP contribution in [0.15, 0.2) is 0 Å². The molecule has 5 rings (SSSR count). The highest BCUT2D eigenvalue weighted by Crippen LogP contribution is 2.55. The van der Waals surface area contributed by atoms with Crippen molar-refractivity contribution in [3.63, 3.8) is 0 Å². The van der Waals surface area contributed by atoms with Gasteiger partial charge in [-0.3, -0.25) is 19.2 Å². The first-order chi connectivity index (χ1) is 16.2. The lowest BCUT2D eigenvalue weighted by Gasteiger charge is -2.57. The number of hydrogen-bond acceptors (Lipinski definition) is 6. The van der Waals surface area contributed by atoms with E-state index in [4.69, 9.17) is 4.74 Å². The molecule has 2 atom stereocenters. The van der Waals surface area contributed by atoms with Crippen molar-refractivity contribution in [2.45, 2.75) is 81.8 Å². The van der Waals surface area contributed by atoms with Crippen LogP contribution in [-0.4, -0.2) is 85.4 Å². The maximum atomic E-state index is 13.5. The number of carbonyl (C=O) groups excluding carboxylic acids is 4. The summed E-state index contributed by atoms with van der Waals surface area (Å²) in [6, 6.07) is -1.41. The van der Waals surface area contributed by atoms with Crippen molar-refractivity contribution < 1.29 is 23.9 Å². The van der Waals surface area contributed by atoms with Gasteiger partial charge in [0, 0.05) is 18.5 Å². The Balaban J connectivity index is 1.43. The van der Waals surface area contributed by atoms with Crippen LogP contribution < -0.4 is 10.6 Å². The van der Waals surface area contributed by atoms with Crippen molar-refractivity contribution in [3.05, 3.63) is 0 Å². The molecule has 4 saturated carbocycles. The Morgan fingerprint density at radius 2 is 1.68 bits per heavy atom. The van der Waals surface area contributed by atoms with E-state index in [1.807, 2.05) is 14.1 Å². The minimum atomic E-state index is -0.828. The zero-order valence-electron chi connectivity index (χ0n) is 20.8. The number of hydrogen-bond donors (Lipinski definition) is 2. The third-order valence-corrected chi connectivity index (χ3v) is 8.25.